The normalized spacial score (nSPS) is 27.3. The standard InChI is InChI=1S/C8H17N3O/c1-5-4-9-8(10-5)11-6(2)7(3)12/h5-7,12H,4H2,1-3H3,(H2,9,10,11). The summed E-state index contributed by atoms with van der Waals surface area (Å²) < 4.78 is 0. The highest BCUT2D eigenvalue weighted by Gasteiger charge is 2.15. The topological polar surface area (TPSA) is 56.7 Å². The molecule has 12 heavy (non-hydrogen) atoms. The number of nitrogens with zero attached hydrogens (tertiary/aromatic N) is 1. The Balaban J connectivity index is 2.32. The first kappa shape index (κ1) is 9.32. The highest BCUT2D eigenvalue weighted by atomic mass is 16.3. The van der Waals surface area contributed by atoms with E-state index in [4.69, 9.17) is 0 Å². The van der Waals surface area contributed by atoms with Crippen LogP contribution in [0.15, 0.2) is 4.99 Å². The number of hydrogen-bond donors (Lipinski definition) is 3. The third-order valence-corrected chi connectivity index (χ3v) is 1.99. The molecule has 0 radical (unpaired) electrons. The van der Waals surface area contributed by atoms with E-state index in [1.807, 2.05) is 6.92 Å². The lowest BCUT2D eigenvalue weighted by Crippen LogP contribution is -2.46. The Morgan fingerprint density at radius 3 is 2.75 bits per heavy atom. The second-order valence-electron chi connectivity index (χ2n) is 3.41. The van der Waals surface area contributed by atoms with E-state index in [2.05, 4.69) is 22.5 Å². The van der Waals surface area contributed by atoms with Gasteiger partial charge in [-0.2, -0.15) is 0 Å². The minimum absolute atomic E-state index is 0.0431. The minimum atomic E-state index is -0.356. The number of aliphatic hydroxyl groups is 1. The van der Waals surface area contributed by atoms with Gasteiger partial charge < -0.3 is 15.7 Å². The van der Waals surface area contributed by atoms with Gasteiger partial charge in [-0.05, 0) is 20.8 Å². The van der Waals surface area contributed by atoms with Crippen molar-refractivity contribution in [3.8, 4) is 0 Å². The Morgan fingerprint density at radius 1 is 1.67 bits per heavy atom. The van der Waals surface area contributed by atoms with Crippen molar-refractivity contribution in [2.45, 2.75) is 39.0 Å². The molecule has 0 aliphatic carbocycles. The lowest BCUT2D eigenvalue weighted by molar-refractivity contribution is 0.162. The maximum absolute atomic E-state index is 9.20. The van der Waals surface area contributed by atoms with Crippen LogP contribution in [-0.4, -0.2) is 35.8 Å². The first-order valence-corrected chi connectivity index (χ1v) is 4.35. The van der Waals surface area contributed by atoms with E-state index in [9.17, 15) is 5.11 Å². The fourth-order valence-electron chi connectivity index (χ4n) is 0.976. The maximum Gasteiger partial charge on any atom is 0.191 e. The third kappa shape index (κ3) is 2.37. The molecule has 0 fully saturated rings. The highest BCUT2D eigenvalue weighted by Crippen LogP contribution is 1.95. The summed E-state index contributed by atoms with van der Waals surface area (Å²) in [6, 6.07) is 0.454. The lowest BCUT2D eigenvalue weighted by Gasteiger charge is -2.18. The molecule has 3 unspecified atom stereocenters. The molecule has 4 heteroatoms. The van der Waals surface area contributed by atoms with Crippen molar-refractivity contribution in [3.05, 3.63) is 0 Å². The molecule has 4 nitrogen and oxygen atoms in total. The number of aliphatic imine (C=N–C) groups is 1. The number of hydrogen-bond acceptors (Lipinski definition) is 4. The van der Waals surface area contributed by atoms with Crippen molar-refractivity contribution in [1.82, 2.24) is 10.6 Å². The van der Waals surface area contributed by atoms with Crippen molar-refractivity contribution in [3.63, 3.8) is 0 Å². The van der Waals surface area contributed by atoms with Gasteiger partial charge >= 0.3 is 0 Å². The van der Waals surface area contributed by atoms with Gasteiger partial charge in [0.1, 0.15) is 0 Å². The molecule has 3 N–H and O–H groups in total. The summed E-state index contributed by atoms with van der Waals surface area (Å²) in [5.74, 6) is 0.802. The zero-order valence-corrected chi connectivity index (χ0v) is 7.83. The molecule has 70 valence electrons. The minimum Gasteiger partial charge on any atom is -0.391 e. The average molecular weight is 171 g/mol. The van der Waals surface area contributed by atoms with Gasteiger partial charge in [0.05, 0.1) is 18.7 Å². The van der Waals surface area contributed by atoms with Crippen molar-refractivity contribution >= 4 is 5.96 Å². The van der Waals surface area contributed by atoms with E-state index < -0.39 is 0 Å². The number of nitrogens with one attached hydrogen (secondary N) is 2. The van der Waals surface area contributed by atoms with Gasteiger partial charge in [-0.25, -0.2) is 0 Å². The van der Waals surface area contributed by atoms with E-state index >= 15 is 0 Å². The van der Waals surface area contributed by atoms with Crippen LogP contribution in [0.4, 0.5) is 0 Å². The Hall–Kier alpha value is -0.770. The number of aliphatic hydroxyl groups excluding tert-OH is 1. The van der Waals surface area contributed by atoms with Crippen LogP contribution in [0.1, 0.15) is 20.8 Å². The molecule has 0 aromatic carbocycles. The van der Waals surface area contributed by atoms with Crippen LogP contribution in [0, 0.1) is 0 Å². The first-order chi connectivity index (χ1) is 5.59. The van der Waals surface area contributed by atoms with Gasteiger partial charge in [0.2, 0.25) is 0 Å². The predicted molar refractivity (Wildman–Crippen MR) is 49.2 cm³/mol. The molecule has 0 spiro atoms. The third-order valence-electron chi connectivity index (χ3n) is 1.99. The summed E-state index contributed by atoms with van der Waals surface area (Å²) >= 11 is 0. The van der Waals surface area contributed by atoms with Gasteiger partial charge in [0, 0.05) is 6.04 Å². The van der Waals surface area contributed by atoms with Crippen molar-refractivity contribution in [2.24, 2.45) is 4.99 Å². The van der Waals surface area contributed by atoms with Crippen LogP contribution in [0.3, 0.4) is 0 Å². The zero-order chi connectivity index (χ0) is 9.14. The first-order valence-electron chi connectivity index (χ1n) is 4.35. The van der Waals surface area contributed by atoms with Crippen LogP contribution in [0.25, 0.3) is 0 Å². The predicted octanol–water partition coefficient (Wildman–Crippen LogP) is -0.307. The Bertz CT molecular complexity index is 179. The van der Waals surface area contributed by atoms with Gasteiger partial charge in [0.25, 0.3) is 0 Å². The van der Waals surface area contributed by atoms with Crippen LogP contribution < -0.4 is 10.6 Å². The molecule has 0 saturated heterocycles. The summed E-state index contributed by atoms with van der Waals surface area (Å²) in [6.45, 7) is 6.58. The second-order valence-corrected chi connectivity index (χ2v) is 3.41. The summed E-state index contributed by atoms with van der Waals surface area (Å²) in [7, 11) is 0. The van der Waals surface area contributed by atoms with Crippen LogP contribution in [0.2, 0.25) is 0 Å². The second kappa shape index (κ2) is 3.76. The van der Waals surface area contributed by atoms with E-state index in [1.165, 1.54) is 0 Å². The van der Waals surface area contributed by atoms with E-state index in [1.54, 1.807) is 6.92 Å². The molecule has 0 aromatic heterocycles. The largest absolute Gasteiger partial charge is 0.391 e. The summed E-state index contributed by atoms with van der Waals surface area (Å²) in [4.78, 5) is 4.22. The van der Waals surface area contributed by atoms with Gasteiger partial charge in [-0.1, -0.05) is 0 Å². The Kier molecular flexibility index (Phi) is 2.92. The molecule has 1 aliphatic rings. The molecule has 0 amide bonds. The molecular weight excluding hydrogens is 154 g/mol. The quantitative estimate of drug-likeness (QED) is 0.534. The molecule has 3 atom stereocenters. The van der Waals surface area contributed by atoms with Crippen molar-refractivity contribution < 1.29 is 5.11 Å². The Labute approximate surface area is 73.1 Å². The molecule has 0 saturated carbocycles. The van der Waals surface area contributed by atoms with Gasteiger partial charge in [-0.15, -0.1) is 0 Å². The fourth-order valence-corrected chi connectivity index (χ4v) is 0.976. The highest BCUT2D eigenvalue weighted by molar-refractivity contribution is 5.81. The molecule has 1 rings (SSSR count). The van der Waals surface area contributed by atoms with E-state index in [-0.39, 0.29) is 12.1 Å². The van der Waals surface area contributed by atoms with E-state index in [0.717, 1.165) is 12.5 Å². The fraction of sp³-hybridized carbons (Fsp3) is 0.875. The van der Waals surface area contributed by atoms with Crippen molar-refractivity contribution in [1.29, 1.82) is 0 Å². The monoisotopic (exact) mass is 171 g/mol. The van der Waals surface area contributed by atoms with E-state index in [0.29, 0.717) is 6.04 Å². The molecule has 1 aliphatic heterocycles. The molecule has 0 aromatic rings. The van der Waals surface area contributed by atoms with Gasteiger partial charge in [0.15, 0.2) is 5.96 Å². The summed E-state index contributed by atoms with van der Waals surface area (Å²) in [5, 5.41) is 15.5. The van der Waals surface area contributed by atoms with Crippen molar-refractivity contribution in [2.75, 3.05) is 6.54 Å². The van der Waals surface area contributed by atoms with Crippen LogP contribution in [0.5, 0.6) is 0 Å². The lowest BCUT2D eigenvalue weighted by atomic mass is 10.2. The van der Waals surface area contributed by atoms with Crippen LogP contribution >= 0.6 is 0 Å². The molecule has 1 heterocycles. The summed E-state index contributed by atoms with van der Waals surface area (Å²) in [5.41, 5.74) is 0. The SMILES string of the molecule is CC1CN=C(NC(C)C(C)O)N1. The smallest absolute Gasteiger partial charge is 0.191 e. The average Bonchev–Trinajstić information content (AvgIpc) is 2.35. The molecule has 0 bridgehead atoms. The van der Waals surface area contributed by atoms with Crippen LogP contribution in [-0.2, 0) is 0 Å². The molecular formula is C8H17N3O. The Morgan fingerprint density at radius 2 is 2.33 bits per heavy atom. The van der Waals surface area contributed by atoms with Gasteiger partial charge in [-0.3, -0.25) is 4.99 Å². The number of guanidine groups is 1. The maximum atomic E-state index is 9.20. The number of rotatable bonds is 2. The zero-order valence-electron chi connectivity index (χ0n) is 7.83. The summed E-state index contributed by atoms with van der Waals surface area (Å²) in [6.07, 6.45) is -0.356.